The number of nitrogens with one attached hydrogen (secondary N) is 1. The maximum Gasteiger partial charge on any atom is 0.322 e. The van der Waals surface area contributed by atoms with Crippen molar-refractivity contribution in [1.82, 2.24) is 4.98 Å². The molecule has 0 unspecified atom stereocenters. The van der Waals surface area contributed by atoms with E-state index in [2.05, 4.69) is 20.4 Å². The minimum atomic E-state index is -0.756. The fourth-order valence-electron chi connectivity index (χ4n) is 2.31. The molecule has 1 fully saturated rings. The van der Waals surface area contributed by atoms with E-state index in [9.17, 15) is 9.70 Å². The van der Waals surface area contributed by atoms with Gasteiger partial charge in [0.1, 0.15) is 11.4 Å². The first kappa shape index (κ1) is 13.5. The van der Waals surface area contributed by atoms with E-state index in [-0.39, 0.29) is 0 Å². The molecule has 1 aromatic heterocycles. The summed E-state index contributed by atoms with van der Waals surface area (Å²) in [6.45, 7) is 4.53. The van der Waals surface area contributed by atoms with Crippen LogP contribution in [0.25, 0.3) is 0 Å². The number of pyridine rings is 1. The van der Waals surface area contributed by atoms with Crippen LogP contribution in [0.4, 0.5) is 11.5 Å². The Morgan fingerprint density at radius 3 is 2.84 bits per heavy atom. The summed E-state index contributed by atoms with van der Waals surface area (Å²) in [5.41, 5.74) is 1.06. The summed E-state index contributed by atoms with van der Waals surface area (Å²) in [6, 6.07) is 1.78. The molecule has 6 nitrogen and oxygen atoms in total. The second-order valence-electron chi connectivity index (χ2n) is 4.57. The van der Waals surface area contributed by atoms with E-state index in [0.717, 1.165) is 38.0 Å². The van der Waals surface area contributed by atoms with Crippen LogP contribution in [-0.2, 0) is 0 Å². The van der Waals surface area contributed by atoms with E-state index >= 15 is 0 Å². The number of rotatable bonds is 5. The molecule has 0 atom stereocenters. The lowest BCUT2D eigenvalue weighted by molar-refractivity contribution is 0.100. The van der Waals surface area contributed by atoms with Crippen molar-refractivity contribution in [2.24, 2.45) is 5.18 Å². The van der Waals surface area contributed by atoms with Crippen molar-refractivity contribution < 1.29 is 4.79 Å². The first-order chi connectivity index (χ1) is 9.27. The summed E-state index contributed by atoms with van der Waals surface area (Å²) in [5, 5.41) is 5.65. The van der Waals surface area contributed by atoms with Gasteiger partial charge in [-0.05, 0) is 25.3 Å². The number of hydrogen-bond donors (Lipinski definition) is 1. The minimum Gasteiger partial charge on any atom is -0.371 e. The number of carbonyl (C=O) groups is 1. The van der Waals surface area contributed by atoms with Crippen LogP contribution < -0.4 is 10.2 Å². The van der Waals surface area contributed by atoms with E-state index in [0.29, 0.717) is 17.9 Å². The smallest absolute Gasteiger partial charge is 0.322 e. The number of anilines is 2. The van der Waals surface area contributed by atoms with Gasteiger partial charge >= 0.3 is 5.91 Å². The molecule has 2 rings (SSSR count). The molecule has 19 heavy (non-hydrogen) atoms. The Hall–Kier alpha value is -1.98. The molecule has 1 aromatic rings. The van der Waals surface area contributed by atoms with Crippen LogP contribution in [0.1, 0.15) is 36.5 Å². The van der Waals surface area contributed by atoms with Crippen molar-refractivity contribution in [2.45, 2.75) is 26.2 Å². The summed E-state index contributed by atoms with van der Waals surface area (Å²) in [7, 11) is 0. The summed E-state index contributed by atoms with van der Waals surface area (Å²) in [6.07, 6.45) is 4.77. The van der Waals surface area contributed by atoms with Crippen molar-refractivity contribution in [3.05, 3.63) is 22.7 Å². The van der Waals surface area contributed by atoms with E-state index in [4.69, 9.17) is 0 Å². The number of aromatic nitrogens is 1. The number of carbonyl (C=O) groups excluding carboxylic acids is 1. The Bertz CT molecular complexity index is 470. The highest BCUT2D eigenvalue weighted by Gasteiger charge is 2.23. The van der Waals surface area contributed by atoms with Crippen LogP contribution in [-0.4, -0.2) is 30.5 Å². The third-order valence-corrected chi connectivity index (χ3v) is 3.21. The lowest BCUT2D eigenvalue weighted by Crippen LogP contribution is -2.22. The molecule has 1 saturated heterocycles. The predicted octanol–water partition coefficient (Wildman–Crippen LogP) is 2.41. The number of nitroso groups, excluding NO2 is 1. The highest BCUT2D eigenvalue weighted by molar-refractivity contribution is 6.04. The molecule has 0 bridgehead atoms. The molecule has 1 aliphatic heterocycles. The SMILES string of the molecule is CCCNc1nccc(N2CCCC2)c1C(=O)N=O. The van der Waals surface area contributed by atoms with Gasteiger partial charge < -0.3 is 10.2 Å². The predicted molar refractivity (Wildman–Crippen MR) is 74.6 cm³/mol. The first-order valence-corrected chi connectivity index (χ1v) is 6.63. The summed E-state index contributed by atoms with van der Waals surface area (Å²) in [4.78, 5) is 28.7. The molecular weight excluding hydrogens is 244 g/mol. The third-order valence-electron chi connectivity index (χ3n) is 3.21. The van der Waals surface area contributed by atoms with Gasteiger partial charge in [0.05, 0.1) is 5.69 Å². The Balaban J connectivity index is 2.40. The molecule has 1 N–H and O–H groups in total. The van der Waals surface area contributed by atoms with Gasteiger partial charge in [-0.15, -0.1) is 4.91 Å². The summed E-state index contributed by atoms with van der Waals surface area (Å²) >= 11 is 0. The number of amides is 1. The second-order valence-corrected chi connectivity index (χ2v) is 4.57. The molecule has 0 saturated carbocycles. The van der Waals surface area contributed by atoms with Gasteiger partial charge in [0.15, 0.2) is 0 Å². The van der Waals surface area contributed by atoms with Gasteiger partial charge in [-0.1, -0.05) is 6.92 Å². The molecule has 0 aliphatic carbocycles. The zero-order valence-corrected chi connectivity index (χ0v) is 11.1. The molecule has 0 radical (unpaired) electrons. The van der Waals surface area contributed by atoms with E-state index < -0.39 is 5.91 Å². The topological polar surface area (TPSA) is 74.7 Å². The first-order valence-electron chi connectivity index (χ1n) is 6.63. The van der Waals surface area contributed by atoms with Crippen LogP contribution in [0.15, 0.2) is 17.4 Å². The lowest BCUT2D eigenvalue weighted by atomic mass is 10.1. The fourth-order valence-corrected chi connectivity index (χ4v) is 2.31. The molecule has 1 amide bonds. The minimum absolute atomic E-state index is 0.299. The molecule has 102 valence electrons. The largest absolute Gasteiger partial charge is 0.371 e. The van der Waals surface area contributed by atoms with Crippen LogP contribution >= 0.6 is 0 Å². The van der Waals surface area contributed by atoms with Crippen molar-refractivity contribution in [3.63, 3.8) is 0 Å². The molecule has 0 spiro atoms. The van der Waals surface area contributed by atoms with Gasteiger partial charge in [0, 0.05) is 31.0 Å². The van der Waals surface area contributed by atoms with E-state index in [1.165, 1.54) is 0 Å². The third kappa shape index (κ3) is 2.89. The van der Waals surface area contributed by atoms with Crippen molar-refractivity contribution in [2.75, 3.05) is 29.9 Å². The van der Waals surface area contributed by atoms with Crippen molar-refractivity contribution in [1.29, 1.82) is 0 Å². The van der Waals surface area contributed by atoms with Gasteiger partial charge in [-0.3, -0.25) is 4.79 Å². The maximum absolute atomic E-state index is 11.8. The monoisotopic (exact) mass is 262 g/mol. The van der Waals surface area contributed by atoms with Crippen molar-refractivity contribution in [3.8, 4) is 0 Å². The standard InChI is InChI=1S/C13H18N4O2/c1-2-6-14-12-11(13(18)16-19)10(5-7-15-12)17-8-3-4-9-17/h5,7H,2-4,6,8-9H2,1H3,(H,14,15). The normalized spacial score (nSPS) is 14.5. The number of nitrogens with zero attached hydrogens (tertiary/aromatic N) is 3. The highest BCUT2D eigenvalue weighted by Crippen LogP contribution is 2.29. The summed E-state index contributed by atoms with van der Waals surface area (Å²) < 4.78 is 0. The fraction of sp³-hybridized carbons (Fsp3) is 0.538. The van der Waals surface area contributed by atoms with Gasteiger partial charge in [0.2, 0.25) is 0 Å². The highest BCUT2D eigenvalue weighted by atomic mass is 16.3. The zero-order valence-electron chi connectivity index (χ0n) is 11.1. The Kier molecular flexibility index (Phi) is 4.43. The van der Waals surface area contributed by atoms with E-state index in [1.807, 2.05) is 6.92 Å². The molecule has 0 aromatic carbocycles. The maximum atomic E-state index is 11.8. The van der Waals surface area contributed by atoms with Gasteiger partial charge in [-0.25, -0.2) is 4.98 Å². The van der Waals surface area contributed by atoms with Crippen LogP contribution in [0.2, 0.25) is 0 Å². The molecule has 2 heterocycles. The van der Waals surface area contributed by atoms with Gasteiger partial charge in [-0.2, -0.15) is 0 Å². The van der Waals surface area contributed by atoms with Gasteiger partial charge in [0.25, 0.3) is 0 Å². The molecule has 1 aliphatic rings. The average molecular weight is 262 g/mol. The molecular formula is C13H18N4O2. The van der Waals surface area contributed by atoms with Crippen LogP contribution in [0.5, 0.6) is 0 Å². The Labute approximate surface area is 112 Å². The Morgan fingerprint density at radius 2 is 2.21 bits per heavy atom. The second kappa shape index (κ2) is 6.26. The van der Waals surface area contributed by atoms with Crippen LogP contribution in [0.3, 0.4) is 0 Å². The summed E-state index contributed by atoms with van der Waals surface area (Å²) in [5.74, 6) is -0.301. The average Bonchev–Trinajstić information content (AvgIpc) is 2.97. The zero-order chi connectivity index (χ0) is 13.7. The van der Waals surface area contributed by atoms with E-state index in [1.54, 1.807) is 12.3 Å². The Morgan fingerprint density at radius 1 is 1.47 bits per heavy atom. The molecule has 6 heteroatoms. The van der Waals surface area contributed by atoms with Crippen molar-refractivity contribution >= 4 is 17.4 Å². The number of hydrogen-bond acceptors (Lipinski definition) is 5. The quantitative estimate of drug-likeness (QED) is 0.825. The lowest BCUT2D eigenvalue weighted by Gasteiger charge is -2.21. The van der Waals surface area contributed by atoms with Crippen LogP contribution in [0, 0.1) is 4.91 Å².